The zero-order valence-corrected chi connectivity index (χ0v) is 20.6. The van der Waals surface area contributed by atoms with Crippen LogP contribution in [0.5, 0.6) is 11.5 Å². The van der Waals surface area contributed by atoms with Crippen molar-refractivity contribution in [2.45, 2.75) is 32.5 Å². The summed E-state index contributed by atoms with van der Waals surface area (Å²) in [6, 6.07) is 17.2. The second kappa shape index (κ2) is 8.50. The summed E-state index contributed by atoms with van der Waals surface area (Å²) in [7, 11) is 1.56. The van der Waals surface area contributed by atoms with Gasteiger partial charge in [-0.05, 0) is 62.7 Å². The highest BCUT2D eigenvalue weighted by Crippen LogP contribution is 2.52. The first kappa shape index (κ1) is 23.1. The van der Waals surface area contributed by atoms with Crippen LogP contribution in [-0.2, 0) is 4.79 Å². The van der Waals surface area contributed by atoms with Crippen LogP contribution in [0, 0.1) is 19.8 Å². The van der Waals surface area contributed by atoms with Crippen molar-refractivity contribution in [1.82, 2.24) is 5.32 Å². The third-order valence-corrected chi connectivity index (χ3v) is 6.97. The number of anilines is 2. The topological polar surface area (TPSA) is 79.9 Å². The van der Waals surface area contributed by atoms with Crippen LogP contribution >= 0.6 is 11.6 Å². The summed E-state index contributed by atoms with van der Waals surface area (Å²) in [6.07, 6.45) is 0. The molecule has 0 aromatic heterocycles. The van der Waals surface area contributed by atoms with Gasteiger partial charge in [0.05, 0.1) is 13.2 Å². The number of amides is 3. The Labute approximate surface area is 209 Å². The van der Waals surface area contributed by atoms with Gasteiger partial charge in [-0.1, -0.05) is 41.4 Å². The second-order valence-corrected chi connectivity index (χ2v) is 9.50. The molecule has 0 radical (unpaired) electrons. The molecular weight excluding hydrogens is 466 g/mol. The van der Waals surface area contributed by atoms with Gasteiger partial charge in [-0.15, -0.1) is 0 Å². The molecule has 3 aromatic carbocycles. The predicted octanol–water partition coefficient (Wildman–Crippen LogP) is 5.60. The number of hydrogen-bond acceptors (Lipinski definition) is 4. The number of ether oxygens (including phenoxy) is 2. The van der Waals surface area contributed by atoms with E-state index < -0.39 is 17.7 Å². The van der Waals surface area contributed by atoms with Gasteiger partial charge in [0.25, 0.3) is 0 Å². The van der Waals surface area contributed by atoms with Crippen LogP contribution < -0.4 is 25.0 Å². The van der Waals surface area contributed by atoms with Crippen LogP contribution in [0.4, 0.5) is 16.2 Å². The van der Waals surface area contributed by atoms with Crippen molar-refractivity contribution in [3.8, 4) is 11.5 Å². The zero-order chi connectivity index (χ0) is 24.9. The van der Waals surface area contributed by atoms with Crippen LogP contribution in [0.25, 0.3) is 0 Å². The van der Waals surface area contributed by atoms with Crippen molar-refractivity contribution in [1.29, 1.82) is 0 Å². The number of benzene rings is 3. The third kappa shape index (κ3) is 3.76. The molecule has 3 amide bonds. The monoisotopic (exact) mass is 491 g/mol. The minimum absolute atomic E-state index is 0.267. The predicted molar refractivity (Wildman–Crippen MR) is 135 cm³/mol. The van der Waals surface area contributed by atoms with E-state index in [0.717, 1.165) is 11.1 Å². The first-order valence-corrected chi connectivity index (χ1v) is 11.7. The molecular formula is C27H26ClN3O4. The van der Waals surface area contributed by atoms with Gasteiger partial charge < -0.3 is 20.1 Å². The third-order valence-electron chi connectivity index (χ3n) is 6.72. The molecule has 0 spiro atoms. The molecule has 0 saturated carbocycles. The lowest BCUT2D eigenvalue weighted by atomic mass is 9.78. The molecule has 35 heavy (non-hydrogen) atoms. The van der Waals surface area contributed by atoms with Gasteiger partial charge in [-0.25, -0.2) is 4.79 Å². The molecule has 3 aromatic rings. The van der Waals surface area contributed by atoms with E-state index in [0.29, 0.717) is 33.5 Å². The number of carbonyl (C=O) groups excluding carboxylic acids is 2. The van der Waals surface area contributed by atoms with Gasteiger partial charge in [0.2, 0.25) is 11.6 Å². The number of halogens is 1. The van der Waals surface area contributed by atoms with E-state index in [1.165, 1.54) is 4.90 Å². The first-order chi connectivity index (χ1) is 16.7. The van der Waals surface area contributed by atoms with Crippen molar-refractivity contribution < 1.29 is 19.1 Å². The molecule has 2 bridgehead atoms. The molecule has 0 unspecified atom stereocenters. The molecule has 3 atom stereocenters. The number of rotatable bonds is 4. The lowest BCUT2D eigenvalue weighted by Crippen LogP contribution is -2.72. The molecule has 8 heteroatoms. The van der Waals surface area contributed by atoms with Crippen molar-refractivity contribution in [3.63, 3.8) is 0 Å². The van der Waals surface area contributed by atoms with E-state index in [-0.39, 0.29) is 11.9 Å². The molecule has 2 aliphatic rings. The summed E-state index contributed by atoms with van der Waals surface area (Å²) in [4.78, 5) is 28.8. The van der Waals surface area contributed by atoms with Gasteiger partial charge >= 0.3 is 6.03 Å². The Morgan fingerprint density at radius 1 is 1.14 bits per heavy atom. The fourth-order valence-corrected chi connectivity index (χ4v) is 5.20. The van der Waals surface area contributed by atoms with Crippen LogP contribution in [0.2, 0.25) is 5.02 Å². The molecule has 5 rings (SSSR count). The van der Waals surface area contributed by atoms with Gasteiger partial charge in [-0.3, -0.25) is 9.69 Å². The van der Waals surface area contributed by atoms with Crippen LogP contribution in [0.3, 0.4) is 0 Å². The summed E-state index contributed by atoms with van der Waals surface area (Å²) in [5.41, 5.74) is 2.65. The van der Waals surface area contributed by atoms with Crippen LogP contribution in [0.1, 0.15) is 29.7 Å². The van der Waals surface area contributed by atoms with Gasteiger partial charge in [0.1, 0.15) is 5.92 Å². The van der Waals surface area contributed by atoms with Gasteiger partial charge in [0, 0.05) is 22.0 Å². The summed E-state index contributed by atoms with van der Waals surface area (Å²) in [6.45, 7) is 5.71. The molecule has 2 aliphatic heterocycles. The Morgan fingerprint density at radius 3 is 2.57 bits per heavy atom. The summed E-state index contributed by atoms with van der Waals surface area (Å²) in [5.74, 6) is -0.0238. The van der Waals surface area contributed by atoms with Gasteiger partial charge in [-0.2, -0.15) is 0 Å². The van der Waals surface area contributed by atoms with E-state index in [9.17, 15) is 9.59 Å². The highest BCUT2D eigenvalue weighted by molar-refractivity contribution is 6.30. The Balaban J connectivity index is 1.64. The van der Waals surface area contributed by atoms with Crippen LogP contribution in [-0.4, -0.2) is 24.8 Å². The largest absolute Gasteiger partial charge is 0.493 e. The highest BCUT2D eigenvalue weighted by atomic mass is 35.5. The van der Waals surface area contributed by atoms with Crippen molar-refractivity contribution in [2.24, 2.45) is 5.92 Å². The first-order valence-electron chi connectivity index (χ1n) is 11.3. The van der Waals surface area contributed by atoms with E-state index >= 15 is 0 Å². The molecule has 1 fully saturated rings. The average Bonchev–Trinajstić information content (AvgIpc) is 2.81. The number of carbonyl (C=O) groups is 2. The molecule has 7 nitrogen and oxygen atoms in total. The number of methoxy groups -OCH3 is 1. The molecule has 0 aliphatic carbocycles. The van der Waals surface area contributed by atoms with Crippen LogP contribution in [0.15, 0.2) is 60.7 Å². The summed E-state index contributed by atoms with van der Waals surface area (Å²) >= 11 is 6.10. The Bertz CT molecular complexity index is 1330. The van der Waals surface area contributed by atoms with E-state index in [4.69, 9.17) is 21.1 Å². The standard InChI is InChI=1S/C27H26ClN3O4/c1-15-8-13-20(16(2)14-15)29-25(32)22-23-19-6-5-7-21(34-4)24(19)35-27(22,3)31(26(33)30-23)18-11-9-17(28)10-12-18/h5-14,22-23H,1-4H3,(H,29,32)(H,30,33)/t22-,23-,27-/m1/s1. The fourth-order valence-electron chi connectivity index (χ4n) is 5.07. The normalized spacial score (nSPS) is 22.5. The number of hydrogen-bond donors (Lipinski definition) is 2. The van der Waals surface area contributed by atoms with E-state index in [1.54, 1.807) is 44.4 Å². The Morgan fingerprint density at radius 2 is 1.89 bits per heavy atom. The number of urea groups is 1. The number of nitrogens with zero attached hydrogens (tertiary/aromatic N) is 1. The molecule has 2 heterocycles. The summed E-state index contributed by atoms with van der Waals surface area (Å²) < 4.78 is 12.1. The minimum Gasteiger partial charge on any atom is -0.493 e. The minimum atomic E-state index is -1.36. The maximum absolute atomic E-state index is 13.9. The highest BCUT2D eigenvalue weighted by Gasteiger charge is 2.60. The van der Waals surface area contributed by atoms with Crippen molar-refractivity contribution in [3.05, 3.63) is 82.4 Å². The molecule has 180 valence electrons. The summed E-state index contributed by atoms with van der Waals surface area (Å²) in [5, 5.41) is 6.65. The quantitative estimate of drug-likeness (QED) is 0.498. The molecule has 2 N–H and O–H groups in total. The Kier molecular flexibility index (Phi) is 5.60. The smallest absolute Gasteiger partial charge is 0.325 e. The van der Waals surface area contributed by atoms with E-state index in [2.05, 4.69) is 10.6 Å². The van der Waals surface area contributed by atoms with E-state index in [1.807, 2.05) is 44.2 Å². The second-order valence-electron chi connectivity index (χ2n) is 9.06. The number of fused-ring (bicyclic) bond motifs is 4. The van der Waals surface area contributed by atoms with Crippen molar-refractivity contribution >= 4 is 34.9 Å². The number of aryl methyl sites for hydroxylation is 2. The molecule has 1 saturated heterocycles. The SMILES string of the molecule is COc1cccc2c1O[C@]1(C)[C@@H](C(=O)Nc3ccc(C)cc3C)[C@@H]2NC(=O)N1c1ccc(Cl)cc1. The maximum atomic E-state index is 13.9. The maximum Gasteiger partial charge on any atom is 0.325 e. The lowest BCUT2D eigenvalue weighted by Gasteiger charge is -2.54. The zero-order valence-electron chi connectivity index (χ0n) is 19.9. The number of nitrogens with one attached hydrogen (secondary N) is 2. The van der Waals surface area contributed by atoms with Crippen molar-refractivity contribution in [2.75, 3.05) is 17.3 Å². The fraction of sp³-hybridized carbons (Fsp3) is 0.259. The average molecular weight is 492 g/mol. The Hall–Kier alpha value is -3.71. The number of para-hydroxylation sites is 1. The lowest BCUT2D eigenvalue weighted by molar-refractivity contribution is -0.131. The van der Waals surface area contributed by atoms with Gasteiger partial charge in [0.15, 0.2) is 11.5 Å².